The number of aromatic nitrogens is 4. The third-order valence-electron chi connectivity index (χ3n) is 4.63. The Morgan fingerprint density at radius 2 is 2.21 bits per heavy atom. The Morgan fingerprint density at radius 1 is 1.33 bits per heavy atom. The van der Waals surface area contributed by atoms with Gasteiger partial charge in [0.1, 0.15) is 17.8 Å². The molecule has 3 rings (SSSR count). The largest absolute Gasteiger partial charge is 0.494 e. The summed E-state index contributed by atoms with van der Waals surface area (Å²) < 4.78 is 6.88. The fourth-order valence-electron chi connectivity index (χ4n) is 3.31. The molecule has 2 aromatic rings. The maximum atomic E-state index is 13.1. The second-order valence-corrected chi connectivity index (χ2v) is 6.05. The molecule has 1 aromatic heterocycles. The van der Waals surface area contributed by atoms with Crippen LogP contribution in [0.15, 0.2) is 24.5 Å². The normalized spacial score (nSPS) is 18.2. The first kappa shape index (κ1) is 16.4. The molecule has 0 spiro atoms. The highest BCUT2D eigenvalue weighted by atomic mass is 16.5. The van der Waals surface area contributed by atoms with Gasteiger partial charge in [0.15, 0.2) is 0 Å². The number of benzene rings is 1. The van der Waals surface area contributed by atoms with Gasteiger partial charge in [-0.3, -0.25) is 4.79 Å². The van der Waals surface area contributed by atoms with Gasteiger partial charge in [-0.15, -0.1) is 5.10 Å². The van der Waals surface area contributed by atoms with Gasteiger partial charge in [-0.05, 0) is 47.9 Å². The second kappa shape index (κ2) is 7.42. The van der Waals surface area contributed by atoms with Gasteiger partial charge in [0.25, 0.3) is 5.91 Å². The standard InChI is InChI=1S/C17H23N5O2/c1-3-14-7-5-4-6-10-21(14)17(23)13-8-9-16(24-2)15(11-13)22-12-18-19-20-22/h8-9,11-12,14H,3-7,10H2,1-2H3/t14-/m1/s1. The smallest absolute Gasteiger partial charge is 0.254 e. The Balaban J connectivity index is 1.93. The van der Waals surface area contributed by atoms with Crippen LogP contribution in [0.2, 0.25) is 0 Å². The molecule has 1 aromatic carbocycles. The number of methoxy groups -OCH3 is 1. The van der Waals surface area contributed by atoms with E-state index in [1.165, 1.54) is 23.9 Å². The number of carbonyl (C=O) groups excluding carboxylic acids is 1. The maximum Gasteiger partial charge on any atom is 0.254 e. The molecule has 0 saturated carbocycles. The number of nitrogens with zero attached hydrogens (tertiary/aromatic N) is 5. The van der Waals surface area contributed by atoms with Gasteiger partial charge in [0.2, 0.25) is 0 Å². The average molecular weight is 329 g/mol. The van der Waals surface area contributed by atoms with E-state index < -0.39 is 0 Å². The van der Waals surface area contributed by atoms with Crippen LogP contribution in [-0.4, -0.2) is 50.7 Å². The number of carbonyl (C=O) groups is 1. The highest BCUT2D eigenvalue weighted by Gasteiger charge is 2.25. The minimum Gasteiger partial charge on any atom is -0.494 e. The van der Waals surface area contributed by atoms with Gasteiger partial charge >= 0.3 is 0 Å². The molecule has 24 heavy (non-hydrogen) atoms. The summed E-state index contributed by atoms with van der Waals surface area (Å²) in [6, 6.07) is 5.73. The molecule has 7 heteroatoms. The lowest BCUT2D eigenvalue weighted by Gasteiger charge is -2.29. The summed E-state index contributed by atoms with van der Waals surface area (Å²) in [6.07, 6.45) is 7.02. The Hall–Kier alpha value is -2.44. The Kier molecular flexibility index (Phi) is 5.08. The molecule has 1 amide bonds. The molecular formula is C17H23N5O2. The first-order valence-electron chi connectivity index (χ1n) is 8.47. The monoisotopic (exact) mass is 329 g/mol. The van der Waals surface area contributed by atoms with Gasteiger partial charge in [-0.1, -0.05) is 19.8 Å². The minimum absolute atomic E-state index is 0.0701. The quantitative estimate of drug-likeness (QED) is 0.861. The zero-order valence-electron chi connectivity index (χ0n) is 14.2. The van der Waals surface area contributed by atoms with Crippen molar-refractivity contribution in [3.63, 3.8) is 0 Å². The predicted molar refractivity (Wildman–Crippen MR) is 89.3 cm³/mol. The number of likely N-dealkylation sites (tertiary alicyclic amines) is 1. The zero-order valence-corrected chi connectivity index (χ0v) is 14.2. The summed E-state index contributed by atoms with van der Waals surface area (Å²) in [4.78, 5) is 15.1. The molecule has 0 radical (unpaired) electrons. The first-order chi connectivity index (χ1) is 11.7. The van der Waals surface area contributed by atoms with Crippen LogP contribution in [0.3, 0.4) is 0 Å². The van der Waals surface area contributed by atoms with Gasteiger partial charge in [0.05, 0.1) is 7.11 Å². The number of rotatable bonds is 4. The molecule has 1 aliphatic heterocycles. The molecule has 0 N–H and O–H groups in total. The molecule has 0 aliphatic carbocycles. The molecule has 0 bridgehead atoms. The number of hydrogen-bond acceptors (Lipinski definition) is 5. The third kappa shape index (κ3) is 3.25. The van der Waals surface area contributed by atoms with E-state index in [1.807, 2.05) is 11.0 Å². The van der Waals surface area contributed by atoms with E-state index in [0.29, 0.717) is 23.0 Å². The van der Waals surface area contributed by atoms with E-state index >= 15 is 0 Å². The highest BCUT2D eigenvalue weighted by molar-refractivity contribution is 5.95. The zero-order chi connectivity index (χ0) is 16.9. The van der Waals surface area contributed by atoms with Crippen LogP contribution in [0.4, 0.5) is 0 Å². The number of tetrazole rings is 1. The summed E-state index contributed by atoms with van der Waals surface area (Å²) in [5.41, 5.74) is 1.30. The predicted octanol–water partition coefficient (Wildman–Crippen LogP) is 2.47. The molecule has 1 aliphatic rings. The van der Waals surface area contributed by atoms with Crippen LogP contribution in [0, 0.1) is 0 Å². The first-order valence-corrected chi connectivity index (χ1v) is 8.47. The summed E-state index contributed by atoms with van der Waals surface area (Å²) in [6.45, 7) is 2.97. The van der Waals surface area contributed by atoms with Crippen LogP contribution in [-0.2, 0) is 0 Å². The van der Waals surface area contributed by atoms with Crippen molar-refractivity contribution < 1.29 is 9.53 Å². The Labute approximate surface area is 141 Å². The van der Waals surface area contributed by atoms with Gasteiger partial charge in [-0.2, -0.15) is 4.68 Å². The van der Waals surface area contributed by atoms with Crippen molar-refractivity contribution >= 4 is 5.91 Å². The molecule has 1 atom stereocenters. The molecular weight excluding hydrogens is 306 g/mol. The summed E-state index contributed by atoms with van der Waals surface area (Å²) in [5, 5.41) is 11.2. The van der Waals surface area contributed by atoms with Gasteiger partial charge in [0, 0.05) is 18.2 Å². The molecule has 2 heterocycles. The lowest BCUT2D eigenvalue weighted by molar-refractivity contribution is 0.0678. The van der Waals surface area contributed by atoms with E-state index in [0.717, 1.165) is 25.8 Å². The summed E-state index contributed by atoms with van der Waals surface area (Å²) in [7, 11) is 1.59. The van der Waals surface area contributed by atoms with E-state index in [9.17, 15) is 4.79 Å². The SMILES string of the molecule is CC[C@@H]1CCCCCN1C(=O)c1ccc(OC)c(-n2cnnn2)c1. The number of hydrogen-bond donors (Lipinski definition) is 0. The molecule has 0 unspecified atom stereocenters. The summed E-state index contributed by atoms with van der Waals surface area (Å²) >= 11 is 0. The van der Waals surface area contributed by atoms with Crippen LogP contribution < -0.4 is 4.74 Å². The van der Waals surface area contributed by atoms with Crippen LogP contribution in [0.1, 0.15) is 49.4 Å². The number of ether oxygens (including phenoxy) is 1. The van der Waals surface area contributed by atoms with E-state index in [4.69, 9.17) is 4.74 Å². The summed E-state index contributed by atoms with van der Waals surface area (Å²) in [5.74, 6) is 0.697. The average Bonchev–Trinajstić information content (AvgIpc) is 3.05. The van der Waals surface area contributed by atoms with Crippen LogP contribution in [0.25, 0.3) is 5.69 Å². The fraction of sp³-hybridized carbons (Fsp3) is 0.529. The number of amides is 1. The molecule has 7 nitrogen and oxygen atoms in total. The van der Waals surface area contributed by atoms with E-state index in [-0.39, 0.29) is 5.91 Å². The second-order valence-electron chi connectivity index (χ2n) is 6.05. The van der Waals surface area contributed by atoms with Crippen molar-refractivity contribution in [1.29, 1.82) is 0 Å². The van der Waals surface area contributed by atoms with Gasteiger partial charge in [-0.25, -0.2) is 0 Å². The van der Waals surface area contributed by atoms with Crippen molar-refractivity contribution in [2.24, 2.45) is 0 Å². The highest BCUT2D eigenvalue weighted by Crippen LogP contribution is 2.26. The Morgan fingerprint density at radius 3 is 2.92 bits per heavy atom. The lowest BCUT2D eigenvalue weighted by atomic mass is 10.1. The third-order valence-corrected chi connectivity index (χ3v) is 4.63. The molecule has 128 valence electrons. The molecule has 1 fully saturated rings. The van der Waals surface area contributed by atoms with Crippen molar-refractivity contribution in [2.45, 2.75) is 45.1 Å². The van der Waals surface area contributed by atoms with Crippen molar-refractivity contribution in [1.82, 2.24) is 25.1 Å². The molecule has 1 saturated heterocycles. The fourth-order valence-corrected chi connectivity index (χ4v) is 3.31. The Bertz CT molecular complexity index is 686. The van der Waals surface area contributed by atoms with Crippen LogP contribution >= 0.6 is 0 Å². The lowest BCUT2D eigenvalue weighted by Crippen LogP contribution is -2.39. The van der Waals surface area contributed by atoms with Crippen molar-refractivity contribution in [3.05, 3.63) is 30.1 Å². The minimum atomic E-state index is 0.0701. The van der Waals surface area contributed by atoms with Gasteiger partial charge < -0.3 is 9.64 Å². The van der Waals surface area contributed by atoms with E-state index in [2.05, 4.69) is 22.4 Å². The van der Waals surface area contributed by atoms with Crippen LogP contribution in [0.5, 0.6) is 5.75 Å². The maximum absolute atomic E-state index is 13.1. The van der Waals surface area contributed by atoms with Crippen molar-refractivity contribution in [2.75, 3.05) is 13.7 Å². The van der Waals surface area contributed by atoms with E-state index in [1.54, 1.807) is 19.2 Å². The topological polar surface area (TPSA) is 73.1 Å². The van der Waals surface area contributed by atoms with Crippen molar-refractivity contribution in [3.8, 4) is 11.4 Å².